The van der Waals surface area contributed by atoms with Gasteiger partial charge in [-0.2, -0.15) is 0 Å². The van der Waals surface area contributed by atoms with E-state index in [4.69, 9.17) is 23.7 Å². The first-order chi connectivity index (χ1) is 24.8. The summed E-state index contributed by atoms with van der Waals surface area (Å²) in [6.07, 6.45) is 19.6. The minimum absolute atomic E-state index is 0.181. The molecule has 0 saturated heterocycles. The molecule has 1 unspecified atom stereocenters. The van der Waals surface area contributed by atoms with Crippen LogP contribution >= 0.6 is 0 Å². The Hall–Kier alpha value is -2.36. The first-order valence-corrected chi connectivity index (χ1v) is 20.9. The second kappa shape index (κ2) is 36.0. The lowest BCUT2D eigenvalue weighted by atomic mass is 10.0. The number of carbonyl (C=O) groups excluding carboxylic acids is 4. The molecule has 10 nitrogen and oxygen atoms in total. The van der Waals surface area contributed by atoms with Crippen LogP contribution < -0.4 is 0 Å². The summed E-state index contributed by atoms with van der Waals surface area (Å²) >= 11 is 0. The zero-order valence-electron chi connectivity index (χ0n) is 33.5. The molecule has 0 saturated carbocycles. The third-order valence-corrected chi connectivity index (χ3v) is 9.17. The van der Waals surface area contributed by atoms with Crippen molar-refractivity contribution >= 4 is 24.1 Å². The van der Waals surface area contributed by atoms with Gasteiger partial charge in [-0.25, -0.2) is 9.59 Å². The molecule has 0 rings (SSSR count). The van der Waals surface area contributed by atoms with Crippen LogP contribution in [0.25, 0.3) is 0 Å². The molecule has 1 atom stereocenters. The first kappa shape index (κ1) is 48.6. The van der Waals surface area contributed by atoms with E-state index >= 15 is 0 Å². The summed E-state index contributed by atoms with van der Waals surface area (Å²) < 4.78 is 27.5. The van der Waals surface area contributed by atoms with Crippen molar-refractivity contribution in [3.8, 4) is 0 Å². The smallest absolute Gasteiger partial charge is 0.462 e. The average Bonchev–Trinajstić information content (AvgIpc) is 3.12. The predicted octanol–water partition coefficient (Wildman–Crippen LogP) is 10.3. The molecule has 0 fully saturated rings. The quantitative estimate of drug-likeness (QED) is 0.0350. The van der Waals surface area contributed by atoms with Gasteiger partial charge in [-0.15, -0.1) is 0 Å². The van der Waals surface area contributed by atoms with Crippen LogP contribution in [0.1, 0.15) is 189 Å². The summed E-state index contributed by atoms with van der Waals surface area (Å²) in [5, 5.41) is 0. The fourth-order valence-electron chi connectivity index (χ4n) is 5.79. The van der Waals surface area contributed by atoms with Crippen LogP contribution in [0, 0.1) is 0 Å². The van der Waals surface area contributed by atoms with E-state index < -0.39 is 24.3 Å². The van der Waals surface area contributed by atoms with E-state index in [0.29, 0.717) is 12.8 Å². The van der Waals surface area contributed by atoms with E-state index in [0.717, 1.165) is 103 Å². The second-order valence-electron chi connectivity index (χ2n) is 13.8. The van der Waals surface area contributed by atoms with Gasteiger partial charge in [0.2, 0.25) is 6.10 Å². The van der Waals surface area contributed by atoms with Crippen LogP contribution in [0.2, 0.25) is 0 Å². The summed E-state index contributed by atoms with van der Waals surface area (Å²) in [6.45, 7) is 13.0. The van der Waals surface area contributed by atoms with Crippen molar-refractivity contribution in [2.75, 3.05) is 39.5 Å². The fraction of sp³-hybridized carbons (Fsp3) is 0.902. The molecular weight excluding hydrogens is 650 g/mol. The lowest BCUT2D eigenvalue weighted by Gasteiger charge is -2.22. The van der Waals surface area contributed by atoms with E-state index in [1.165, 1.54) is 38.5 Å². The third-order valence-electron chi connectivity index (χ3n) is 9.17. The number of rotatable bonds is 36. The molecule has 0 aromatic heterocycles. The summed E-state index contributed by atoms with van der Waals surface area (Å²) in [5.41, 5.74) is 0. The molecular formula is C41H77NO9. The van der Waals surface area contributed by atoms with Gasteiger partial charge < -0.3 is 28.6 Å². The van der Waals surface area contributed by atoms with Crippen LogP contribution in [-0.4, -0.2) is 80.6 Å². The highest BCUT2D eigenvalue weighted by atomic mass is 16.7. The number of nitrogens with zero attached hydrogens (tertiary/aromatic N) is 1. The maximum atomic E-state index is 13.5. The van der Waals surface area contributed by atoms with E-state index in [1.54, 1.807) is 0 Å². The zero-order chi connectivity index (χ0) is 37.8. The molecule has 0 bridgehead atoms. The average molecular weight is 728 g/mol. The van der Waals surface area contributed by atoms with E-state index in [9.17, 15) is 19.2 Å². The maximum absolute atomic E-state index is 13.5. The van der Waals surface area contributed by atoms with E-state index in [1.807, 2.05) is 0 Å². The van der Waals surface area contributed by atoms with Gasteiger partial charge in [-0.3, -0.25) is 9.59 Å². The highest BCUT2D eigenvalue weighted by molar-refractivity contribution is 5.77. The number of hydrogen-bond acceptors (Lipinski definition) is 10. The van der Waals surface area contributed by atoms with Crippen molar-refractivity contribution < 1.29 is 42.9 Å². The van der Waals surface area contributed by atoms with Crippen molar-refractivity contribution in [3.63, 3.8) is 0 Å². The monoisotopic (exact) mass is 728 g/mol. The Morgan fingerprint density at radius 3 is 1.37 bits per heavy atom. The second-order valence-corrected chi connectivity index (χ2v) is 13.8. The number of unbranched alkanes of at least 4 members (excludes halogenated alkanes) is 17. The summed E-state index contributed by atoms with van der Waals surface area (Å²) in [4.78, 5) is 53.3. The Morgan fingerprint density at radius 1 is 0.490 bits per heavy atom. The third kappa shape index (κ3) is 30.9. The number of ether oxygens (including phenoxy) is 5. The minimum Gasteiger partial charge on any atom is -0.462 e. The molecule has 0 N–H and O–H groups in total. The van der Waals surface area contributed by atoms with Crippen molar-refractivity contribution in [1.82, 2.24) is 4.90 Å². The van der Waals surface area contributed by atoms with Gasteiger partial charge in [0.25, 0.3) is 0 Å². The molecule has 0 aliphatic carbocycles. The zero-order valence-corrected chi connectivity index (χ0v) is 33.5. The van der Waals surface area contributed by atoms with E-state index in [-0.39, 0.29) is 51.0 Å². The standard InChI is InChI=1S/C41H77NO9/c1-6-11-14-17-18-19-20-21-24-25-29-37(51-41(46)47-33-28-32-42(9-4)10-5)40(45)50-36(34-48-38(43)30-26-22-15-12-7-2)35-49-39(44)31-27-23-16-13-8-3/h36-37H,6-35H2,1-5H3. The molecule has 0 amide bonds. The lowest BCUT2D eigenvalue weighted by molar-refractivity contribution is -0.174. The van der Waals surface area contributed by atoms with Crippen molar-refractivity contribution in [1.29, 1.82) is 0 Å². The van der Waals surface area contributed by atoms with Crippen molar-refractivity contribution in [2.45, 2.75) is 201 Å². The summed E-state index contributed by atoms with van der Waals surface area (Å²) in [6, 6.07) is 0. The van der Waals surface area contributed by atoms with Gasteiger partial charge in [0.1, 0.15) is 13.2 Å². The first-order valence-electron chi connectivity index (χ1n) is 20.9. The molecule has 10 heteroatoms. The van der Waals surface area contributed by atoms with Gasteiger partial charge >= 0.3 is 24.1 Å². The summed E-state index contributed by atoms with van der Waals surface area (Å²) in [5.74, 6) is -1.54. The number of carbonyl (C=O) groups is 4. The Kier molecular flexibility index (Phi) is 34.4. The van der Waals surface area contributed by atoms with Crippen LogP contribution in [0.3, 0.4) is 0 Å². The minimum atomic E-state index is -1.18. The van der Waals surface area contributed by atoms with Gasteiger partial charge in [0, 0.05) is 19.4 Å². The molecule has 0 spiro atoms. The Bertz CT molecular complexity index is 819. The molecule has 0 radical (unpaired) electrons. The van der Waals surface area contributed by atoms with Gasteiger partial charge in [0.05, 0.1) is 6.61 Å². The highest BCUT2D eigenvalue weighted by Crippen LogP contribution is 2.16. The highest BCUT2D eigenvalue weighted by Gasteiger charge is 2.29. The topological polar surface area (TPSA) is 118 Å². The molecule has 300 valence electrons. The van der Waals surface area contributed by atoms with Gasteiger partial charge in [-0.05, 0) is 45.2 Å². The van der Waals surface area contributed by atoms with Crippen LogP contribution in [0.4, 0.5) is 4.79 Å². The largest absolute Gasteiger partial charge is 0.509 e. The Morgan fingerprint density at radius 2 is 0.922 bits per heavy atom. The van der Waals surface area contributed by atoms with Gasteiger partial charge in [-0.1, -0.05) is 144 Å². The lowest BCUT2D eigenvalue weighted by Crippen LogP contribution is -2.37. The van der Waals surface area contributed by atoms with Crippen molar-refractivity contribution in [2.24, 2.45) is 0 Å². The Balaban J connectivity index is 5.29. The Labute approximate surface area is 311 Å². The molecule has 0 heterocycles. The van der Waals surface area contributed by atoms with Crippen molar-refractivity contribution in [3.05, 3.63) is 0 Å². The van der Waals surface area contributed by atoms with Crippen LogP contribution in [0.5, 0.6) is 0 Å². The number of esters is 3. The van der Waals surface area contributed by atoms with Crippen LogP contribution in [0.15, 0.2) is 0 Å². The molecule has 0 aliphatic heterocycles. The van der Waals surface area contributed by atoms with E-state index in [2.05, 4.69) is 39.5 Å². The summed E-state index contributed by atoms with van der Waals surface area (Å²) in [7, 11) is 0. The SMILES string of the molecule is CCCCCCCCCCCCC(OC(=O)OCCCN(CC)CC)C(=O)OC(COC(=O)CCCCCCC)COC(=O)CCCCCCC. The number of hydrogen-bond donors (Lipinski definition) is 0. The predicted molar refractivity (Wildman–Crippen MR) is 204 cm³/mol. The molecule has 0 aromatic carbocycles. The fourth-order valence-corrected chi connectivity index (χ4v) is 5.79. The normalized spacial score (nSPS) is 11.8. The van der Waals surface area contributed by atoms with Crippen LogP contribution in [-0.2, 0) is 38.1 Å². The maximum Gasteiger partial charge on any atom is 0.509 e. The molecule has 0 aromatic rings. The van der Waals surface area contributed by atoms with Gasteiger partial charge in [0.15, 0.2) is 6.10 Å². The molecule has 0 aliphatic rings. The molecule has 51 heavy (non-hydrogen) atoms.